The quantitative estimate of drug-likeness (QED) is 0.151. The largest absolute Gasteiger partial charge is 1.00 e. The van der Waals surface area contributed by atoms with E-state index >= 15 is 0 Å². The van der Waals surface area contributed by atoms with Gasteiger partial charge in [-0.05, 0) is 31.4 Å². The summed E-state index contributed by atoms with van der Waals surface area (Å²) in [4.78, 5) is 6.28. The first-order valence-corrected chi connectivity index (χ1v) is 13.8. The second-order valence-electron chi connectivity index (χ2n) is 7.36. The van der Waals surface area contributed by atoms with Gasteiger partial charge in [-0.3, -0.25) is 0 Å². The van der Waals surface area contributed by atoms with E-state index < -0.39 is 15.9 Å². The molecule has 0 aliphatic rings. The summed E-state index contributed by atoms with van der Waals surface area (Å²) in [5.74, 6) is 0.342. The number of rotatable bonds is 14. The van der Waals surface area contributed by atoms with Crippen LogP contribution in [0, 0.1) is 0 Å². The van der Waals surface area contributed by atoms with Gasteiger partial charge in [0.15, 0.2) is 0 Å². The number of anilines is 1. The summed E-state index contributed by atoms with van der Waals surface area (Å²) in [6, 6.07) is 3.30. The van der Waals surface area contributed by atoms with Crippen molar-refractivity contribution < 1.29 is 64.4 Å². The number of nitrogens with zero attached hydrogens (tertiary/aromatic N) is 5. The van der Waals surface area contributed by atoms with Crippen LogP contribution in [0.5, 0.6) is 0 Å². The monoisotopic (exact) mass is 559 g/mol. The predicted octanol–water partition coefficient (Wildman–Crippen LogP) is 3.54. The van der Waals surface area contributed by atoms with Gasteiger partial charge in [0, 0.05) is 36.8 Å². The van der Waals surface area contributed by atoms with Gasteiger partial charge in [0.1, 0.15) is 5.82 Å². The third kappa shape index (κ3) is 11.7. The van der Waals surface area contributed by atoms with Crippen LogP contribution in [0.2, 0.25) is 10.0 Å². The molecule has 0 bridgehead atoms. The molecule has 0 unspecified atom stereocenters. The summed E-state index contributed by atoms with van der Waals surface area (Å²) in [5, 5.41) is 9.56. The maximum atomic E-state index is 10.9. The molecule has 8 nitrogen and oxygen atoms in total. The number of aryl methyl sites for hydroxylation is 1. The van der Waals surface area contributed by atoms with Gasteiger partial charge in [0.25, 0.3) is 0 Å². The minimum Gasteiger partial charge on any atom is -0.748 e. The van der Waals surface area contributed by atoms with E-state index in [1.54, 1.807) is 12.1 Å². The molecule has 0 saturated heterocycles. The van der Waals surface area contributed by atoms with Gasteiger partial charge in [0.2, 0.25) is 5.13 Å². The standard InChI is InChI=1S/C20H29Cl2N5O3S2.K/c1-3-5-7-9-18-23-20(31-26-18)25-24-15-13-16(21)19(17(22)14-15)27(10-6-4-2)11-8-12-32(28,29)30;/h13-14H,3-12H2,1-2H3,(H,28,29,30);/q;+1/p-1. The van der Waals surface area contributed by atoms with Gasteiger partial charge in [0.05, 0.1) is 31.5 Å². The predicted molar refractivity (Wildman–Crippen MR) is 130 cm³/mol. The second-order valence-corrected chi connectivity index (χ2v) is 10.4. The summed E-state index contributed by atoms with van der Waals surface area (Å²) in [5.41, 5.74) is 1.07. The number of azo groups is 1. The van der Waals surface area contributed by atoms with Crippen LogP contribution in [-0.2, 0) is 16.5 Å². The van der Waals surface area contributed by atoms with Crippen molar-refractivity contribution in [1.82, 2.24) is 9.36 Å². The van der Waals surface area contributed by atoms with Crippen molar-refractivity contribution in [2.45, 2.75) is 58.8 Å². The van der Waals surface area contributed by atoms with Crippen molar-refractivity contribution in [2.75, 3.05) is 23.7 Å². The van der Waals surface area contributed by atoms with Crippen molar-refractivity contribution in [3.8, 4) is 0 Å². The van der Waals surface area contributed by atoms with Gasteiger partial charge in [-0.1, -0.05) is 56.3 Å². The molecule has 13 heteroatoms. The van der Waals surface area contributed by atoms with Crippen molar-refractivity contribution in [2.24, 2.45) is 10.2 Å². The van der Waals surface area contributed by atoms with E-state index in [4.69, 9.17) is 23.2 Å². The van der Waals surface area contributed by atoms with Gasteiger partial charge < -0.3 is 9.45 Å². The Hall–Kier alpha value is 0.306. The zero-order chi connectivity index (χ0) is 23.6. The van der Waals surface area contributed by atoms with Gasteiger partial charge in [-0.25, -0.2) is 13.4 Å². The summed E-state index contributed by atoms with van der Waals surface area (Å²) in [6.07, 6.45) is 6.17. The molecule has 2 aromatic rings. The number of benzene rings is 1. The van der Waals surface area contributed by atoms with E-state index in [1.807, 2.05) is 4.90 Å². The minimum atomic E-state index is -4.27. The molecule has 0 radical (unpaired) electrons. The second kappa shape index (κ2) is 16.1. The number of hydrogen-bond donors (Lipinski definition) is 0. The van der Waals surface area contributed by atoms with Crippen molar-refractivity contribution >= 4 is 61.4 Å². The third-order valence-electron chi connectivity index (χ3n) is 4.63. The molecule has 0 atom stereocenters. The zero-order valence-corrected chi connectivity index (χ0v) is 25.5. The Kier molecular flexibility index (Phi) is 15.3. The van der Waals surface area contributed by atoms with Crippen LogP contribution in [-0.4, -0.2) is 41.2 Å². The molecule has 0 aliphatic heterocycles. The third-order valence-corrected chi connectivity index (χ3v) is 6.64. The summed E-state index contributed by atoms with van der Waals surface area (Å²) >= 11 is 14.2. The molecule has 0 aliphatic carbocycles. The SMILES string of the molecule is CCCCCc1nsc(N=Nc2cc(Cl)c(N(CCCC)CCCS(=O)(=O)[O-])c(Cl)c2)n1.[K+]. The molecule has 1 heterocycles. The topological polar surface area (TPSA) is 111 Å². The molecule has 0 saturated carbocycles. The Morgan fingerprint density at radius 1 is 1.03 bits per heavy atom. The first-order valence-electron chi connectivity index (χ1n) is 10.6. The average Bonchev–Trinajstić information content (AvgIpc) is 3.16. The molecular formula is C20H28Cl2KN5O3S2. The summed E-state index contributed by atoms with van der Waals surface area (Å²) in [7, 11) is -4.27. The average molecular weight is 561 g/mol. The molecule has 0 N–H and O–H groups in total. The molecular weight excluding hydrogens is 532 g/mol. The number of unbranched alkanes of at least 4 members (excludes halogenated alkanes) is 3. The van der Waals surface area contributed by atoms with E-state index in [0.29, 0.717) is 39.6 Å². The Morgan fingerprint density at radius 2 is 1.67 bits per heavy atom. The Morgan fingerprint density at radius 3 is 2.27 bits per heavy atom. The van der Waals surface area contributed by atoms with E-state index in [2.05, 4.69) is 33.4 Å². The Labute approximate surface area is 252 Å². The van der Waals surface area contributed by atoms with Crippen molar-refractivity contribution in [3.05, 3.63) is 28.0 Å². The molecule has 0 spiro atoms. The molecule has 0 amide bonds. The Balaban J connectivity index is 0.00000544. The van der Waals surface area contributed by atoms with Crippen LogP contribution in [0.4, 0.5) is 16.5 Å². The fourth-order valence-electron chi connectivity index (χ4n) is 3.05. The molecule has 1 aromatic carbocycles. The van der Waals surface area contributed by atoms with E-state index in [9.17, 15) is 13.0 Å². The van der Waals surface area contributed by atoms with Gasteiger partial charge >= 0.3 is 51.4 Å². The maximum absolute atomic E-state index is 10.9. The zero-order valence-electron chi connectivity index (χ0n) is 19.3. The van der Waals surface area contributed by atoms with E-state index in [1.165, 1.54) is 11.5 Å². The smallest absolute Gasteiger partial charge is 0.748 e. The van der Waals surface area contributed by atoms with Crippen LogP contribution in [0.3, 0.4) is 0 Å². The molecule has 2 rings (SSSR count). The van der Waals surface area contributed by atoms with Gasteiger partial charge in [-0.15, -0.1) is 10.2 Å². The maximum Gasteiger partial charge on any atom is 1.00 e. The number of hydrogen-bond acceptors (Lipinski definition) is 9. The summed E-state index contributed by atoms with van der Waals surface area (Å²) in [6.45, 7) is 5.19. The molecule has 1 aromatic heterocycles. The normalized spacial score (nSPS) is 11.7. The molecule has 33 heavy (non-hydrogen) atoms. The first kappa shape index (κ1) is 31.3. The number of aromatic nitrogens is 2. The molecule has 0 fully saturated rings. The van der Waals surface area contributed by atoms with Gasteiger partial charge in [-0.2, -0.15) is 4.37 Å². The van der Waals surface area contributed by atoms with Crippen LogP contribution >= 0.6 is 34.7 Å². The van der Waals surface area contributed by atoms with Crippen molar-refractivity contribution in [3.63, 3.8) is 0 Å². The van der Waals surface area contributed by atoms with Crippen LogP contribution in [0.15, 0.2) is 22.4 Å². The van der Waals surface area contributed by atoms with Crippen LogP contribution in [0.1, 0.15) is 58.2 Å². The first-order chi connectivity index (χ1) is 15.2. The fraction of sp³-hybridized carbons (Fsp3) is 0.600. The van der Waals surface area contributed by atoms with E-state index in [0.717, 1.165) is 44.3 Å². The van der Waals surface area contributed by atoms with Crippen LogP contribution in [0.25, 0.3) is 0 Å². The van der Waals surface area contributed by atoms with E-state index in [-0.39, 0.29) is 57.8 Å². The molecule has 178 valence electrons. The van der Waals surface area contributed by atoms with Crippen molar-refractivity contribution in [1.29, 1.82) is 0 Å². The minimum absolute atomic E-state index is 0. The summed E-state index contributed by atoms with van der Waals surface area (Å²) < 4.78 is 37.1. The Bertz CT molecular complexity index is 982. The van der Waals surface area contributed by atoms with Crippen LogP contribution < -0.4 is 56.3 Å². The number of halogens is 2. The fourth-order valence-corrected chi connectivity index (χ4v) is 4.79.